The third kappa shape index (κ3) is 18.8. The van der Waals surface area contributed by atoms with E-state index in [0.717, 1.165) is 64.0 Å². The number of piperidine rings is 1. The molecule has 2 bridgehead atoms. The Morgan fingerprint density at radius 1 is 0.795 bits per heavy atom. The lowest BCUT2D eigenvalue weighted by Gasteiger charge is -2.43. The van der Waals surface area contributed by atoms with Gasteiger partial charge in [0.25, 0.3) is 11.7 Å². The van der Waals surface area contributed by atoms with Gasteiger partial charge in [-0.05, 0) is 120 Å². The van der Waals surface area contributed by atoms with E-state index in [1.165, 1.54) is 12.0 Å². The predicted octanol–water partition coefficient (Wildman–Crippen LogP) is 6.86. The molecule has 0 unspecified atom stereocenters. The molecule has 78 heavy (non-hydrogen) atoms. The quantitative estimate of drug-likeness (QED) is 0.0791. The van der Waals surface area contributed by atoms with Crippen molar-refractivity contribution in [1.82, 2.24) is 14.7 Å². The van der Waals surface area contributed by atoms with E-state index in [1.807, 2.05) is 58.1 Å². The monoisotopic (exact) mass is 1100 g/mol. The topological polar surface area (TPSA) is 200 Å². The van der Waals surface area contributed by atoms with Gasteiger partial charge in [-0.2, -0.15) is 0 Å². The molecule has 17 nitrogen and oxygen atoms in total. The lowest BCUT2D eigenvalue weighted by atomic mass is 9.78. The van der Waals surface area contributed by atoms with Crippen LogP contribution in [0.2, 0.25) is 0 Å². The number of ether oxygens (including phenoxy) is 7. The Bertz CT molecular complexity index is 2050. The van der Waals surface area contributed by atoms with Crippen molar-refractivity contribution in [3.63, 3.8) is 0 Å². The summed E-state index contributed by atoms with van der Waals surface area (Å²) in [5.74, 6) is -7.89. The van der Waals surface area contributed by atoms with Crippen molar-refractivity contribution >= 4 is 29.2 Å². The number of carbonyl (C=O) groups is 5. The first-order valence-electron chi connectivity index (χ1n) is 29.3. The highest BCUT2D eigenvalue weighted by atomic mass is 16.6. The number of fused-ring (bicyclic) bond motifs is 3. The number of esters is 1. The highest BCUT2D eigenvalue weighted by molar-refractivity contribution is 6.39. The molecule has 4 aliphatic heterocycles. The Kier molecular flexibility index (Phi) is 27.0. The summed E-state index contributed by atoms with van der Waals surface area (Å²) in [7, 11) is 6.85. The standard InChI is InChI=1S/C61H99N3O14/c1-40-18-13-12-14-19-41(2)52(76-33-32-72-9)38-48-23-21-46(7)61(71,78-48)58(68)59(69)64-26-16-15-20-49(64)60(70)77-53(39-50(65)42(3)35-45(6)56(67)57(74-11)55(66)44(5)34-40)43(4)36-47-22-24-51(54(37-47)73-10)75-31-17-25-63-29-27-62(8)28-30-63/h12-14,18-19,35,40,42-44,46-49,51-54,56-57,67,71H,15-17,20-34,36-39H2,1-11H3/b14-12+,18-13+,41-19+,45-35+/t40-,42-,43-,44-,46-,47+,48+,49+,51-,52-,53+,54-,56-,57+,61-/m1/s1. The number of nitrogens with zero attached hydrogens (tertiary/aromatic N) is 3. The molecule has 3 saturated heterocycles. The molecule has 0 aromatic rings. The zero-order chi connectivity index (χ0) is 57.1. The Balaban J connectivity index is 1.41. The Hall–Kier alpha value is -3.49. The van der Waals surface area contributed by atoms with E-state index in [2.05, 4.69) is 16.8 Å². The van der Waals surface area contributed by atoms with E-state index in [0.29, 0.717) is 57.3 Å². The normalized spacial score (nSPS) is 37.4. The minimum absolute atomic E-state index is 0.00546. The van der Waals surface area contributed by atoms with Crippen LogP contribution in [0.25, 0.3) is 0 Å². The van der Waals surface area contributed by atoms with Crippen LogP contribution in [0.1, 0.15) is 132 Å². The largest absolute Gasteiger partial charge is 0.460 e. The first kappa shape index (κ1) is 65.3. The fraction of sp³-hybridized carbons (Fsp3) is 0.787. The van der Waals surface area contributed by atoms with Crippen LogP contribution >= 0.6 is 0 Å². The summed E-state index contributed by atoms with van der Waals surface area (Å²) in [6, 6.07) is -1.14. The molecule has 2 N–H and O–H groups in total. The van der Waals surface area contributed by atoms with E-state index in [-0.39, 0.29) is 73.9 Å². The molecular weight excluding hydrogens is 999 g/mol. The number of hydrogen-bond donors (Lipinski definition) is 2. The fourth-order valence-electron chi connectivity index (χ4n) is 12.1. The number of methoxy groups -OCH3 is 3. The summed E-state index contributed by atoms with van der Waals surface area (Å²) in [5.41, 5.74) is 1.27. The Morgan fingerprint density at radius 2 is 1.54 bits per heavy atom. The maximum absolute atomic E-state index is 14.7. The van der Waals surface area contributed by atoms with Gasteiger partial charge in [-0.25, -0.2) is 4.79 Å². The molecule has 17 heteroatoms. The van der Waals surface area contributed by atoms with Crippen molar-refractivity contribution in [2.24, 2.45) is 35.5 Å². The summed E-state index contributed by atoms with van der Waals surface area (Å²) in [5, 5.41) is 23.8. The number of amides is 1. The first-order chi connectivity index (χ1) is 37.2. The van der Waals surface area contributed by atoms with E-state index in [1.54, 1.807) is 41.1 Å². The van der Waals surface area contributed by atoms with Crippen LogP contribution < -0.4 is 0 Å². The van der Waals surface area contributed by atoms with E-state index in [9.17, 15) is 34.2 Å². The zero-order valence-electron chi connectivity index (χ0n) is 49.2. The third-order valence-corrected chi connectivity index (χ3v) is 17.3. The molecule has 5 rings (SSSR count). The molecule has 5 aliphatic rings. The number of rotatable bonds is 14. The van der Waals surface area contributed by atoms with Crippen molar-refractivity contribution in [3.8, 4) is 0 Å². The molecule has 1 amide bonds. The van der Waals surface area contributed by atoms with E-state index in [4.69, 9.17) is 33.2 Å². The Labute approximate surface area is 466 Å². The molecule has 15 atom stereocenters. The van der Waals surface area contributed by atoms with Gasteiger partial charge in [0.1, 0.15) is 30.1 Å². The number of likely N-dealkylation sites (N-methyl/N-ethyl adjacent to an activating group) is 1. The Morgan fingerprint density at radius 3 is 2.24 bits per heavy atom. The zero-order valence-corrected chi connectivity index (χ0v) is 49.2. The van der Waals surface area contributed by atoms with Crippen molar-refractivity contribution in [2.45, 2.75) is 186 Å². The third-order valence-electron chi connectivity index (χ3n) is 17.3. The van der Waals surface area contributed by atoms with Gasteiger partial charge in [0.2, 0.25) is 5.79 Å². The minimum Gasteiger partial charge on any atom is -0.460 e. The maximum atomic E-state index is 14.7. The molecule has 0 spiro atoms. The highest BCUT2D eigenvalue weighted by Crippen LogP contribution is 2.38. The second-order valence-electron chi connectivity index (χ2n) is 23.6. The van der Waals surface area contributed by atoms with Crippen LogP contribution in [0, 0.1) is 35.5 Å². The minimum atomic E-state index is -2.46. The summed E-state index contributed by atoms with van der Waals surface area (Å²) in [6.45, 7) is 19.5. The number of allylic oxidation sites excluding steroid dienone is 6. The average molecular weight is 1100 g/mol. The van der Waals surface area contributed by atoms with E-state index >= 15 is 0 Å². The van der Waals surface area contributed by atoms with Gasteiger partial charge in [-0.1, -0.05) is 71.1 Å². The molecule has 4 heterocycles. The number of piperazine rings is 1. The molecule has 0 aromatic heterocycles. The van der Waals surface area contributed by atoms with Crippen molar-refractivity contribution in [3.05, 3.63) is 47.6 Å². The van der Waals surface area contributed by atoms with Crippen molar-refractivity contribution in [1.29, 1.82) is 0 Å². The maximum Gasteiger partial charge on any atom is 0.329 e. The smallest absolute Gasteiger partial charge is 0.329 e. The lowest BCUT2D eigenvalue weighted by molar-refractivity contribution is -0.266. The molecule has 1 saturated carbocycles. The van der Waals surface area contributed by atoms with Gasteiger partial charge in [-0.15, -0.1) is 0 Å². The number of hydrogen-bond acceptors (Lipinski definition) is 16. The molecule has 4 fully saturated rings. The van der Waals surface area contributed by atoms with Crippen LogP contribution in [0.5, 0.6) is 0 Å². The molecule has 0 aromatic carbocycles. The predicted molar refractivity (Wildman–Crippen MR) is 298 cm³/mol. The van der Waals surface area contributed by atoms with Crippen LogP contribution in [-0.4, -0.2) is 196 Å². The lowest BCUT2D eigenvalue weighted by Crippen LogP contribution is -2.61. The molecule has 442 valence electrons. The van der Waals surface area contributed by atoms with Gasteiger partial charge in [0.15, 0.2) is 5.78 Å². The van der Waals surface area contributed by atoms with Gasteiger partial charge >= 0.3 is 5.97 Å². The number of carbonyl (C=O) groups excluding carboxylic acids is 5. The molecule has 0 radical (unpaired) electrons. The molecular formula is C61H99N3O14. The summed E-state index contributed by atoms with van der Waals surface area (Å²) < 4.78 is 42.4. The van der Waals surface area contributed by atoms with Crippen LogP contribution in [0.3, 0.4) is 0 Å². The summed E-state index contributed by atoms with van der Waals surface area (Å²) in [6.07, 6.45) is 13.4. The number of cyclic esters (lactones) is 1. The summed E-state index contributed by atoms with van der Waals surface area (Å²) in [4.78, 5) is 78.0. The van der Waals surface area contributed by atoms with Crippen LogP contribution in [0.4, 0.5) is 0 Å². The SMILES string of the molecule is COCCO[C@@H]1C[C@@H]2CC[C@@H](C)[C@@](O)(O2)C(=O)C(=O)N2CCCC[C@H]2C(=O)O[C@H]([C@H](C)C[C@@H]2CC[C@@H](OCCCN3CCN(C)CC3)[C@H](OC)C2)CC(=O)[C@H](C)/C=C(\C)[C@@H](O)[C@@H](OC)C(=O)[C@H](C)C[C@H](C)/C=C/C=C/C=C/1C. The second-order valence-corrected chi connectivity index (χ2v) is 23.6. The number of ketones is 3. The van der Waals surface area contributed by atoms with Crippen molar-refractivity contribution < 1.29 is 67.3 Å². The first-order valence-corrected chi connectivity index (χ1v) is 29.3. The van der Waals surface area contributed by atoms with Gasteiger partial charge in [-0.3, -0.25) is 19.2 Å². The van der Waals surface area contributed by atoms with Gasteiger partial charge in [0, 0.05) is 97.8 Å². The van der Waals surface area contributed by atoms with Crippen LogP contribution in [-0.2, 0) is 57.1 Å². The van der Waals surface area contributed by atoms with Gasteiger partial charge in [0.05, 0.1) is 37.6 Å². The summed E-state index contributed by atoms with van der Waals surface area (Å²) >= 11 is 0. The van der Waals surface area contributed by atoms with Crippen molar-refractivity contribution in [2.75, 3.05) is 87.5 Å². The fourth-order valence-corrected chi connectivity index (χ4v) is 12.1. The molecule has 1 aliphatic carbocycles. The van der Waals surface area contributed by atoms with E-state index < -0.39 is 77.8 Å². The number of aliphatic hydroxyl groups is 2. The second kappa shape index (κ2) is 32.2. The van der Waals surface area contributed by atoms with Gasteiger partial charge < -0.3 is 58.1 Å². The average Bonchev–Trinajstić information content (AvgIpc) is 3.46. The van der Waals surface area contributed by atoms with Crippen LogP contribution in [0.15, 0.2) is 47.6 Å². The number of Topliss-reactive ketones (excluding diaryl/α,β-unsaturated/α-hetero) is 3. The number of aliphatic hydroxyl groups excluding tert-OH is 1. The highest BCUT2D eigenvalue weighted by Gasteiger charge is 2.53.